The zero-order chi connectivity index (χ0) is 18.5. The van der Waals surface area contributed by atoms with Crippen molar-refractivity contribution in [3.05, 3.63) is 72.6 Å². The Morgan fingerprint density at radius 2 is 1.67 bits per heavy atom. The first-order chi connectivity index (χ1) is 13.3. The first kappa shape index (κ1) is 17.6. The number of hydrogen-bond acceptors (Lipinski definition) is 5. The molecule has 1 N–H and O–H groups in total. The van der Waals surface area contributed by atoms with E-state index in [-0.39, 0.29) is 5.41 Å². The average Bonchev–Trinajstić information content (AvgIpc) is 2.75. The second-order valence-corrected chi connectivity index (χ2v) is 7.28. The fraction of sp³-hybridized carbons (Fsp3) is 0.318. The van der Waals surface area contributed by atoms with Gasteiger partial charge < -0.3 is 10.2 Å². The zero-order valence-corrected chi connectivity index (χ0v) is 15.7. The molecule has 5 heteroatoms. The van der Waals surface area contributed by atoms with Crippen LogP contribution in [-0.2, 0) is 5.41 Å². The quantitative estimate of drug-likeness (QED) is 0.754. The molecule has 1 saturated heterocycles. The van der Waals surface area contributed by atoms with Crippen molar-refractivity contribution in [1.82, 2.24) is 19.9 Å². The van der Waals surface area contributed by atoms with Gasteiger partial charge in [-0.1, -0.05) is 36.4 Å². The van der Waals surface area contributed by atoms with Crippen molar-refractivity contribution in [3.8, 4) is 11.4 Å². The topological polar surface area (TPSA) is 53.9 Å². The van der Waals surface area contributed by atoms with Gasteiger partial charge in [-0.15, -0.1) is 0 Å². The van der Waals surface area contributed by atoms with E-state index in [4.69, 9.17) is 0 Å². The van der Waals surface area contributed by atoms with E-state index in [1.165, 1.54) is 5.56 Å². The van der Waals surface area contributed by atoms with Crippen LogP contribution in [0.15, 0.2) is 67.0 Å². The fourth-order valence-corrected chi connectivity index (χ4v) is 3.75. The molecule has 1 aliphatic heterocycles. The Labute approximate surface area is 160 Å². The summed E-state index contributed by atoms with van der Waals surface area (Å²) in [5.74, 6) is 0.660. The van der Waals surface area contributed by atoms with Crippen molar-refractivity contribution in [2.75, 3.05) is 32.0 Å². The van der Waals surface area contributed by atoms with Crippen LogP contribution in [0.1, 0.15) is 18.4 Å². The predicted molar refractivity (Wildman–Crippen MR) is 109 cm³/mol. The lowest BCUT2D eigenvalue weighted by Gasteiger charge is -2.41. The van der Waals surface area contributed by atoms with Crippen LogP contribution in [-0.4, -0.2) is 46.5 Å². The summed E-state index contributed by atoms with van der Waals surface area (Å²) in [6.07, 6.45) is 5.83. The van der Waals surface area contributed by atoms with Gasteiger partial charge in [0, 0.05) is 24.4 Å². The number of likely N-dealkylation sites (tertiary alicyclic amines) is 1. The van der Waals surface area contributed by atoms with E-state index in [0.717, 1.165) is 43.9 Å². The smallest absolute Gasteiger partial charge is 0.223 e. The van der Waals surface area contributed by atoms with E-state index in [2.05, 4.69) is 62.5 Å². The number of benzene rings is 1. The van der Waals surface area contributed by atoms with Crippen LogP contribution in [0.2, 0.25) is 0 Å². The molecule has 0 saturated carbocycles. The zero-order valence-electron chi connectivity index (χ0n) is 15.7. The van der Waals surface area contributed by atoms with Gasteiger partial charge in [-0.2, -0.15) is 0 Å². The number of pyridine rings is 1. The van der Waals surface area contributed by atoms with E-state index in [1.54, 1.807) is 12.4 Å². The number of piperidine rings is 1. The second-order valence-electron chi connectivity index (χ2n) is 7.28. The number of hydrogen-bond donors (Lipinski definition) is 1. The van der Waals surface area contributed by atoms with Gasteiger partial charge in [-0.25, -0.2) is 9.97 Å². The minimum absolute atomic E-state index is 0.109. The van der Waals surface area contributed by atoms with Gasteiger partial charge in [0.25, 0.3) is 0 Å². The highest BCUT2D eigenvalue weighted by molar-refractivity contribution is 5.54. The van der Waals surface area contributed by atoms with Gasteiger partial charge in [0.1, 0.15) is 0 Å². The number of aromatic nitrogens is 3. The molecule has 5 nitrogen and oxygen atoms in total. The normalized spacial score (nSPS) is 16.8. The SMILES string of the molecule is CN1CCC(CNc2nccc(-c3ccccn3)n2)(c2ccccc2)CC1. The summed E-state index contributed by atoms with van der Waals surface area (Å²) in [6, 6.07) is 18.6. The summed E-state index contributed by atoms with van der Waals surface area (Å²) in [6.45, 7) is 3.04. The van der Waals surface area contributed by atoms with Crippen LogP contribution < -0.4 is 5.32 Å². The highest BCUT2D eigenvalue weighted by Gasteiger charge is 2.35. The first-order valence-electron chi connectivity index (χ1n) is 9.48. The summed E-state index contributed by atoms with van der Waals surface area (Å²) in [7, 11) is 2.20. The van der Waals surface area contributed by atoms with Crippen LogP contribution in [0.3, 0.4) is 0 Å². The first-order valence-corrected chi connectivity index (χ1v) is 9.48. The van der Waals surface area contributed by atoms with Crippen LogP contribution >= 0.6 is 0 Å². The summed E-state index contributed by atoms with van der Waals surface area (Å²) in [5.41, 5.74) is 3.20. The van der Waals surface area contributed by atoms with Gasteiger partial charge in [-0.3, -0.25) is 4.98 Å². The van der Waals surface area contributed by atoms with Crippen molar-refractivity contribution in [2.45, 2.75) is 18.3 Å². The molecule has 1 fully saturated rings. The molecule has 3 aromatic rings. The predicted octanol–water partition coefficient (Wildman–Crippen LogP) is 3.61. The van der Waals surface area contributed by atoms with Crippen LogP contribution in [0.5, 0.6) is 0 Å². The molecule has 0 bridgehead atoms. The van der Waals surface area contributed by atoms with E-state index in [1.807, 2.05) is 24.3 Å². The molecule has 0 atom stereocenters. The lowest BCUT2D eigenvalue weighted by molar-refractivity contribution is 0.195. The van der Waals surface area contributed by atoms with Gasteiger partial charge >= 0.3 is 0 Å². The molecule has 4 rings (SSSR count). The Morgan fingerprint density at radius 3 is 2.41 bits per heavy atom. The number of nitrogens with one attached hydrogen (secondary N) is 1. The standard InChI is InChI=1S/C22H25N5/c1-27-15-11-22(12-16-27,18-7-3-2-4-8-18)17-25-21-24-14-10-20(26-21)19-9-5-6-13-23-19/h2-10,13-14H,11-12,15-17H2,1H3,(H,24,25,26). The van der Waals surface area contributed by atoms with Crippen molar-refractivity contribution in [3.63, 3.8) is 0 Å². The number of rotatable bonds is 5. The summed E-state index contributed by atoms with van der Waals surface area (Å²) >= 11 is 0. The molecule has 0 radical (unpaired) electrons. The summed E-state index contributed by atoms with van der Waals surface area (Å²) in [5, 5.41) is 3.51. The van der Waals surface area contributed by atoms with Gasteiger partial charge in [0.2, 0.25) is 5.95 Å². The number of anilines is 1. The average molecular weight is 359 g/mol. The molecule has 27 heavy (non-hydrogen) atoms. The Bertz CT molecular complexity index is 858. The molecule has 3 heterocycles. The van der Waals surface area contributed by atoms with Crippen LogP contribution in [0.25, 0.3) is 11.4 Å². The van der Waals surface area contributed by atoms with Crippen molar-refractivity contribution in [2.24, 2.45) is 0 Å². The maximum atomic E-state index is 4.67. The third-order valence-electron chi connectivity index (χ3n) is 5.50. The lowest BCUT2D eigenvalue weighted by Crippen LogP contribution is -2.45. The van der Waals surface area contributed by atoms with Crippen molar-refractivity contribution in [1.29, 1.82) is 0 Å². The molecule has 0 spiro atoms. The Hall–Kier alpha value is -2.79. The molecule has 0 amide bonds. The fourth-order valence-electron chi connectivity index (χ4n) is 3.75. The molecule has 138 valence electrons. The van der Waals surface area contributed by atoms with E-state index < -0.39 is 0 Å². The molecule has 0 aliphatic carbocycles. The van der Waals surface area contributed by atoms with Crippen molar-refractivity contribution < 1.29 is 0 Å². The largest absolute Gasteiger partial charge is 0.353 e. The van der Waals surface area contributed by atoms with E-state index >= 15 is 0 Å². The highest BCUT2D eigenvalue weighted by atomic mass is 15.1. The summed E-state index contributed by atoms with van der Waals surface area (Å²) < 4.78 is 0. The Balaban J connectivity index is 1.55. The second kappa shape index (κ2) is 7.84. The van der Waals surface area contributed by atoms with Crippen molar-refractivity contribution >= 4 is 5.95 Å². The Morgan fingerprint density at radius 1 is 0.889 bits per heavy atom. The highest BCUT2D eigenvalue weighted by Crippen LogP contribution is 2.35. The third-order valence-corrected chi connectivity index (χ3v) is 5.50. The molecule has 1 aliphatic rings. The monoisotopic (exact) mass is 359 g/mol. The summed E-state index contributed by atoms with van der Waals surface area (Å²) in [4.78, 5) is 15.9. The Kier molecular flexibility index (Phi) is 5.12. The van der Waals surface area contributed by atoms with Crippen LogP contribution in [0, 0.1) is 0 Å². The molecule has 2 aromatic heterocycles. The van der Waals surface area contributed by atoms with E-state index in [9.17, 15) is 0 Å². The number of nitrogens with zero attached hydrogens (tertiary/aromatic N) is 4. The molecular formula is C22H25N5. The third kappa shape index (κ3) is 3.98. The maximum Gasteiger partial charge on any atom is 0.223 e. The lowest BCUT2D eigenvalue weighted by atomic mass is 9.72. The van der Waals surface area contributed by atoms with Gasteiger partial charge in [-0.05, 0) is 56.7 Å². The minimum Gasteiger partial charge on any atom is -0.353 e. The van der Waals surface area contributed by atoms with Gasteiger partial charge in [0.15, 0.2) is 0 Å². The minimum atomic E-state index is 0.109. The maximum absolute atomic E-state index is 4.67. The van der Waals surface area contributed by atoms with Gasteiger partial charge in [0.05, 0.1) is 11.4 Å². The molecule has 0 unspecified atom stereocenters. The molecule has 1 aromatic carbocycles. The van der Waals surface area contributed by atoms with Crippen LogP contribution in [0.4, 0.5) is 5.95 Å². The van der Waals surface area contributed by atoms with E-state index in [0.29, 0.717) is 5.95 Å². The molecular weight excluding hydrogens is 334 g/mol.